The Morgan fingerprint density at radius 2 is 2.29 bits per heavy atom. The smallest absolute Gasteiger partial charge is 0.231 e. The fourth-order valence-corrected chi connectivity index (χ4v) is 2.21. The third-order valence-electron chi connectivity index (χ3n) is 3.78. The van der Waals surface area contributed by atoms with Crippen molar-refractivity contribution in [3.63, 3.8) is 0 Å². The second kappa shape index (κ2) is 6.28. The molecule has 1 unspecified atom stereocenters. The summed E-state index contributed by atoms with van der Waals surface area (Å²) in [7, 11) is 0. The first-order chi connectivity index (χ1) is 10.0. The first kappa shape index (κ1) is 15.5. The molecule has 1 aromatic heterocycles. The van der Waals surface area contributed by atoms with E-state index in [9.17, 15) is 4.79 Å². The lowest BCUT2D eigenvalue weighted by Crippen LogP contribution is -2.39. The van der Waals surface area contributed by atoms with Gasteiger partial charge in [-0.1, -0.05) is 24.6 Å². The lowest BCUT2D eigenvalue weighted by atomic mass is 9.86. The number of benzene rings is 1. The van der Waals surface area contributed by atoms with E-state index in [1.54, 1.807) is 35.4 Å². The highest BCUT2D eigenvalue weighted by Gasteiger charge is 2.30. The average Bonchev–Trinajstić information content (AvgIpc) is 3.00. The molecular formula is C15H19ClN4O. The Morgan fingerprint density at radius 3 is 2.86 bits per heavy atom. The fourth-order valence-electron chi connectivity index (χ4n) is 1.94. The first-order valence-electron chi connectivity index (χ1n) is 6.80. The molecule has 3 N–H and O–H groups in total. The zero-order valence-electron chi connectivity index (χ0n) is 12.1. The Hall–Kier alpha value is -1.85. The number of para-hydroxylation sites is 1. The Bertz CT molecular complexity index is 621. The lowest BCUT2D eigenvalue weighted by Gasteiger charge is -2.25. The highest BCUT2D eigenvalue weighted by atomic mass is 35.5. The van der Waals surface area contributed by atoms with Crippen LogP contribution in [0.25, 0.3) is 5.69 Å². The first-order valence-corrected chi connectivity index (χ1v) is 7.18. The van der Waals surface area contributed by atoms with Gasteiger partial charge in [0.05, 0.1) is 28.1 Å². The molecule has 6 heteroatoms. The van der Waals surface area contributed by atoms with Crippen LogP contribution >= 0.6 is 11.6 Å². The topological polar surface area (TPSA) is 72.9 Å². The van der Waals surface area contributed by atoms with Gasteiger partial charge in [-0.2, -0.15) is 0 Å². The number of hydrogen-bond acceptors (Lipinski definition) is 3. The van der Waals surface area contributed by atoms with E-state index in [0.29, 0.717) is 22.8 Å². The number of anilines is 1. The predicted octanol–water partition coefficient (Wildman–Crippen LogP) is 2.84. The van der Waals surface area contributed by atoms with E-state index < -0.39 is 5.41 Å². The van der Waals surface area contributed by atoms with Gasteiger partial charge in [0.25, 0.3) is 0 Å². The second-order valence-electron chi connectivity index (χ2n) is 5.18. The fraction of sp³-hybridized carbons (Fsp3) is 0.333. The lowest BCUT2D eigenvalue weighted by molar-refractivity contribution is -0.124. The highest BCUT2D eigenvalue weighted by Crippen LogP contribution is 2.30. The monoisotopic (exact) mass is 306 g/mol. The minimum Gasteiger partial charge on any atom is -0.329 e. The van der Waals surface area contributed by atoms with Gasteiger partial charge in [-0.25, -0.2) is 4.98 Å². The van der Waals surface area contributed by atoms with Crippen LogP contribution in [0, 0.1) is 5.41 Å². The van der Waals surface area contributed by atoms with Gasteiger partial charge in [0.1, 0.15) is 0 Å². The van der Waals surface area contributed by atoms with Crippen molar-refractivity contribution in [2.45, 2.75) is 20.3 Å². The molecule has 1 atom stereocenters. The van der Waals surface area contributed by atoms with E-state index >= 15 is 0 Å². The van der Waals surface area contributed by atoms with Crippen LogP contribution < -0.4 is 11.1 Å². The molecule has 0 saturated heterocycles. The van der Waals surface area contributed by atoms with Crippen molar-refractivity contribution < 1.29 is 4.79 Å². The quantitative estimate of drug-likeness (QED) is 0.892. The molecule has 0 fully saturated rings. The van der Waals surface area contributed by atoms with Crippen LogP contribution in [-0.4, -0.2) is 22.0 Å². The van der Waals surface area contributed by atoms with E-state index in [0.717, 1.165) is 0 Å². The van der Waals surface area contributed by atoms with Gasteiger partial charge in [0.15, 0.2) is 0 Å². The van der Waals surface area contributed by atoms with E-state index in [1.165, 1.54) is 0 Å². The minimum atomic E-state index is -0.603. The molecule has 5 nitrogen and oxygen atoms in total. The number of rotatable bonds is 5. The van der Waals surface area contributed by atoms with Crippen molar-refractivity contribution in [3.05, 3.63) is 41.9 Å². The molecule has 0 bridgehead atoms. The number of aromatic nitrogens is 2. The summed E-state index contributed by atoms with van der Waals surface area (Å²) in [6.45, 7) is 4.08. The number of hydrogen-bond donors (Lipinski definition) is 2. The molecule has 1 aromatic carbocycles. The molecule has 0 aliphatic carbocycles. The molecular weight excluding hydrogens is 288 g/mol. The number of nitrogens with one attached hydrogen (secondary N) is 1. The van der Waals surface area contributed by atoms with Crippen LogP contribution in [0.15, 0.2) is 36.9 Å². The summed E-state index contributed by atoms with van der Waals surface area (Å²) in [6, 6.07) is 5.38. The van der Waals surface area contributed by atoms with Crippen LogP contribution in [0.2, 0.25) is 5.02 Å². The standard InChI is InChI=1S/C15H19ClN4O/c1-3-15(2,9-17)14(21)19-12-6-4-5-11(16)13(12)20-8-7-18-10-20/h4-8,10H,3,9,17H2,1-2H3,(H,19,21). The number of halogens is 1. The molecule has 2 aromatic rings. The van der Waals surface area contributed by atoms with E-state index in [4.69, 9.17) is 17.3 Å². The van der Waals surface area contributed by atoms with Crippen molar-refractivity contribution in [1.82, 2.24) is 9.55 Å². The molecule has 0 aliphatic rings. The van der Waals surface area contributed by atoms with Gasteiger partial charge >= 0.3 is 0 Å². The van der Waals surface area contributed by atoms with E-state index in [1.807, 2.05) is 19.9 Å². The summed E-state index contributed by atoms with van der Waals surface area (Å²) in [6.07, 6.45) is 5.74. The number of imidazole rings is 1. The largest absolute Gasteiger partial charge is 0.329 e. The molecule has 0 aliphatic heterocycles. The third kappa shape index (κ3) is 3.09. The van der Waals surface area contributed by atoms with Crippen molar-refractivity contribution in [1.29, 1.82) is 0 Å². The maximum atomic E-state index is 12.5. The summed E-state index contributed by atoms with van der Waals surface area (Å²) in [4.78, 5) is 16.5. The van der Waals surface area contributed by atoms with Crippen molar-refractivity contribution in [2.75, 3.05) is 11.9 Å². The van der Waals surface area contributed by atoms with Gasteiger partial charge in [0.2, 0.25) is 5.91 Å². The second-order valence-corrected chi connectivity index (χ2v) is 5.59. The molecule has 112 valence electrons. The molecule has 1 heterocycles. The average molecular weight is 307 g/mol. The number of amides is 1. The molecule has 0 radical (unpaired) electrons. The Balaban J connectivity index is 2.38. The van der Waals surface area contributed by atoms with Gasteiger partial charge in [-0.3, -0.25) is 4.79 Å². The maximum Gasteiger partial charge on any atom is 0.231 e. The van der Waals surface area contributed by atoms with Crippen molar-refractivity contribution in [2.24, 2.45) is 11.1 Å². The van der Waals surface area contributed by atoms with Crippen LogP contribution in [0.4, 0.5) is 5.69 Å². The minimum absolute atomic E-state index is 0.115. The normalized spacial score (nSPS) is 13.7. The Morgan fingerprint density at radius 1 is 1.52 bits per heavy atom. The zero-order chi connectivity index (χ0) is 15.5. The molecule has 21 heavy (non-hydrogen) atoms. The van der Waals surface area contributed by atoms with E-state index in [2.05, 4.69) is 10.3 Å². The van der Waals surface area contributed by atoms with Gasteiger partial charge < -0.3 is 15.6 Å². The van der Waals surface area contributed by atoms with E-state index in [-0.39, 0.29) is 12.5 Å². The Labute approximate surface area is 129 Å². The van der Waals surface area contributed by atoms with Crippen molar-refractivity contribution in [3.8, 4) is 5.69 Å². The molecule has 0 spiro atoms. The predicted molar refractivity (Wildman–Crippen MR) is 84.7 cm³/mol. The summed E-state index contributed by atoms with van der Waals surface area (Å²) in [5.41, 5.74) is 6.46. The maximum absolute atomic E-state index is 12.5. The summed E-state index contributed by atoms with van der Waals surface area (Å²) < 4.78 is 1.77. The molecule has 0 saturated carbocycles. The van der Waals surface area contributed by atoms with Crippen LogP contribution in [0.1, 0.15) is 20.3 Å². The van der Waals surface area contributed by atoms with Crippen molar-refractivity contribution >= 4 is 23.2 Å². The van der Waals surface area contributed by atoms with Crippen LogP contribution in [-0.2, 0) is 4.79 Å². The summed E-state index contributed by atoms with van der Waals surface area (Å²) >= 11 is 6.26. The van der Waals surface area contributed by atoms with Gasteiger partial charge in [-0.15, -0.1) is 0 Å². The summed E-state index contributed by atoms with van der Waals surface area (Å²) in [5.74, 6) is -0.115. The molecule has 1 amide bonds. The summed E-state index contributed by atoms with van der Waals surface area (Å²) in [5, 5.41) is 3.47. The SMILES string of the molecule is CCC(C)(CN)C(=O)Nc1cccc(Cl)c1-n1ccnc1. The third-order valence-corrected chi connectivity index (χ3v) is 4.08. The highest BCUT2D eigenvalue weighted by molar-refractivity contribution is 6.33. The number of carbonyl (C=O) groups excluding carboxylic acids is 1. The zero-order valence-corrected chi connectivity index (χ0v) is 12.9. The van der Waals surface area contributed by atoms with Crippen LogP contribution in [0.3, 0.4) is 0 Å². The Kier molecular flexibility index (Phi) is 4.65. The molecule has 2 rings (SSSR count). The number of carbonyl (C=O) groups is 1. The van der Waals surface area contributed by atoms with Gasteiger partial charge in [-0.05, 0) is 25.5 Å². The number of nitrogens with two attached hydrogens (primary N) is 1. The van der Waals surface area contributed by atoms with Gasteiger partial charge in [0, 0.05) is 18.9 Å². The van der Waals surface area contributed by atoms with Crippen LogP contribution in [0.5, 0.6) is 0 Å². The number of nitrogens with zero attached hydrogens (tertiary/aromatic N) is 2.